The molecule has 0 aliphatic carbocycles. The minimum Gasteiger partial charge on any atom is -0.507 e. The van der Waals surface area contributed by atoms with E-state index >= 15 is 0 Å². The van der Waals surface area contributed by atoms with Crippen molar-refractivity contribution in [1.82, 2.24) is 5.06 Å². The molecule has 0 spiro atoms. The van der Waals surface area contributed by atoms with Gasteiger partial charge in [-0.15, -0.1) is 0 Å². The van der Waals surface area contributed by atoms with Crippen LogP contribution in [0.1, 0.15) is 58.2 Å². The Labute approximate surface area is 160 Å². The Morgan fingerprint density at radius 1 is 0.963 bits per heavy atom. The number of aromatic hydroxyl groups is 1. The molecule has 0 radical (unpaired) electrons. The quantitative estimate of drug-likeness (QED) is 0.490. The molecular formula is C22H29NO4. The summed E-state index contributed by atoms with van der Waals surface area (Å²) >= 11 is 0. The van der Waals surface area contributed by atoms with Crippen LogP contribution in [0.25, 0.3) is 11.1 Å². The van der Waals surface area contributed by atoms with Gasteiger partial charge >= 0.3 is 6.09 Å². The van der Waals surface area contributed by atoms with Gasteiger partial charge in [0.1, 0.15) is 5.75 Å². The van der Waals surface area contributed by atoms with Crippen molar-refractivity contribution < 1.29 is 20.2 Å². The fourth-order valence-electron chi connectivity index (χ4n) is 3.10. The fourth-order valence-corrected chi connectivity index (χ4v) is 3.10. The molecule has 2 rings (SSSR count). The van der Waals surface area contributed by atoms with Crippen LogP contribution in [0.15, 0.2) is 36.4 Å². The topological polar surface area (TPSA) is 81.0 Å². The van der Waals surface area contributed by atoms with E-state index in [1.807, 2.05) is 71.9 Å². The Morgan fingerprint density at radius 2 is 1.44 bits per heavy atom. The van der Waals surface area contributed by atoms with Crippen LogP contribution in [0.2, 0.25) is 0 Å². The van der Waals surface area contributed by atoms with Crippen LogP contribution >= 0.6 is 0 Å². The molecule has 0 heterocycles. The summed E-state index contributed by atoms with van der Waals surface area (Å²) in [5.74, 6) is 0.297. The third-order valence-electron chi connectivity index (χ3n) is 4.60. The van der Waals surface area contributed by atoms with Crippen molar-refractivity contribution >= 4 is 6.09 Å². The highest BCUT2D eigenvalue weighted by Gasteiger charge is 2.27. The molecule has 0 aromatic heterocycles. The zero-order chi connectivity index (χ0) is 20.6. The number of carbonyl (C=O) groups is 1. The molecular weight excluding hydrogens is 342 g/mol. The van der Waals surface area contributed by atoms with Crippen LogP contribution in [0, 0.1) is 0 Å². The molecule has 1 amide bonds. The second-order valence-electron chi connectivity index (χ2n) is 8.92. The molecule has 146 valence electrons. The number of nitrogens with zero attached hydrogens (tertiary/aromatic N) is 1. The molecule has 3 N–H and O–H groups in total. The van der Waals surface area contributed by atoms with Gasteiger partial charge in [0, 0.05) is 11.1 Å². The zero-order valence-electron chi connectivity index (χ0n) is 16.9. The van der Waals surface area contributed by atoms with E-state index < -0.39 is 6.09 Å². The highest BCUT2D eigenvalue weighted by molar-refractivity contribution is 5.72. The maximum absolute atomic E-state index is 11.0. The van der Waals surface area contributed by atoms with Crippen molar-refractivity contribution in [1.29, 1.82) is 0 Å². The van der Waals surface area contributed by atoms with Gasteiger partial charge < -0.3 is 10.2 Å². The lowest BCUT2D eigenvalue weighted by atomic mass is 9.77. The Hall–Kier alpha value is -2.53. The molecule has 2 aromatic carbocycles. The molecule has 0 saturated heterocycles. The van der Waals surface area contributed by atoms with Gasteiger partial charge in [-0.3, -0.25) is 5.21 Å². The molecule has 0 bridgehead atoms. The first-order valence-corrected chi connectivity index (χ1v) is 8.98. The van der Waals surface area contributed by atoms with Gasteiger partial charge in [-0.05, 0) is 39.7 Å². The summed E-state index contributed by atoms with van der Waals surface area (Å²) in [5, 5.41) is 29.8. The summed E-state index contributed by atoms with van der Waals surface area (Å²) in [5.41, 5.74) is 3.54. The molecule has 27 heavy (non-hydrogen) atoms. The van der Waals surface area contributed by atoms with E-state index in [0.717, 1.165) is 22.3 Å². The number of rotatable bonds is 3. The molecule has 0 unspecified atom stereocenters. The lowest BCUT2D eigenvalue weighted by Crippen LogP contribution is -2.25. The molecule has 0 aliphatic heterocycles. The van der Waals surface area contributed by atoms with E-state index in [0.29, 0.717) is 11.3 Å². The van der Waals surface area contributed by atoms with Crippen LogP contribution in [0.3, 0.4) is 0 Å². The van der Waals surface area contributed by atoms with Crippen molar-refractivity contribution in [3.05, 3.63) is 53.1 Å². The van der Waals surface area contributed by atoms with E-state index in [9.17, 15) is 15.1 Å². The minimum absolute atomic E-state index is 0.137. The summed E-state index contributed by atoms with van der Waals surface area (Å²) < 4.78 is 0. The first-order valence-electron chi connectivity index (χ1n) is 8.98. The van der Waals surface area contributed by atoms with Gasteiger partial charge in [-0.2, -0.15) is 5.06 Å². The number of phenolic OH excluding ortho intramolecular Hbond substituents is 1. The lowest BCUT2D eigenvalue weighted by molar-refractivity contribution is -0.0708. The molecule has 2 aromatic rings. The largest absolute Gasteiger partial charge is 0.507 e. The Kier molecular flexibility index (Phi) is 5.57. The predicted octanol–water partition coefficient (Wildman–Crippen LogP) is 5.52. The predicted molar refractivity (Wildman–Crippen MR) is 106 cm³/mol. The molecule has 0 atom stereocenters. The number of phenols is 1. The van der Waals surface area contributed by atoms with E-state index in [4.69, 9.17) is 5.11 Å². The van der Waals surface area contributed by atoms with Crippen LogP contribution < -0.4 is 0 Å². The summed E-state index contributed by atoms with van der Waals surface area (Å²) in [4.78, 5) is 11.0. The number of amides is 1. The van der Waals surface area contributed by atoms with Gasteiger partial charge in [-0.25, -0.2) is 4.79 Å². The summed E-state index contributed by atoms with van der Waals surface area (Å²) in [6.07, 6.45) is -1.40. The van der Waals surface area contributed by atoms with E-state index in [1.165, 1.54) is 0 Å². The summed E-state index contributed by atoms with van der Waals surface area (Å²) in [6, 6.07) is 11.3. The SMILES string of the molecule is CC(C)(C)c1cc(-c2ccccc2CN(O)C(=O)O)cc(C(C)(C)C)c1O. The first-order chi connectivity index (χ1) is 12.3. The fraction of sp³-hybridized carbons (Fsp3) is 0.409. The second kappa shape index (κ2) is 7.24. The van der Waals surface area contributed by atoms with E-state index in [1.54, 1.807) is 6.07 Å². The molecule has 5 heteroatoms. The van der Waals surface area contributed by atoms with Gasteiger partial charge in [0.2, 0.25) is 0 Å². The molecule has 0 saturated carbocycles. The Balaban J connectivity index is 2.71. The lowest BCUT2D eigenvalue weighted by Gasteiger charge is -2.28. The number of benzene rings is 2. The molecule has 5 nitrogen and oxygen atoms in total. The van der Waals surface area contributed by atoms with Gasteiger partial charge in [-0.1, -0.05) is 65.8 Å². The number of carboxylic acid groups (broad SMARTS) is 1. The normalized spacial score (nSPS) is 12.1. The standard InChI is InChI=1S/C22H29NO4/c1-21(2,3)17-11-15(12-18(19(17)24)22(4,5)6)16-10-8-7-9-14(16)13-23(27)20(25)26/h7-12,24,27H,13H2,1-6H3,(H,25,26). The second-order valence-corrected chi connectivity index (χ2v) is 8.92. The minimum atomic E-state index is -1.40. The van der Waals surface area contributed by atoms with Crippen molar-refractivity contribution in [3.63, 3.8) is 0 Å². The van der Waals surface area contributed by atoms with Crippen LogP contribution in [-0.4, -0.2) is 26.6 Å². The first kappa shape index (κ1) is 20.8. The highest BCUT2D eigenvalue weighted by Crippen LogP contribution is 2.42. The van der Waals surface area contributed by atoms with Gasteiger partial charge in [0.15, 0.2) is 0 Å². The monoisotopic (exact) mass is 371 g/mol. The van der Waals surface area contributed by atoms with Crippen LogP contribution in [-0.2, 0) is 17.4 Å². The molecule has 0 aliphatic rings. The zero-order valence-corrected chi connectivity index (χ0v) is 16.9. The maximum atomic E-state index is 11.0. The van der Waals surface area contributed by atoms with E-state index in [2.05, 4.69) is 0 Å². The van der Waals surface area contributed by atoms with Crippen molar-refractivity contribution in [2.45, 2.75) is 58.9 Å². The van der Waals surface area contributed by atoms with Gasteiger partial charge in [0.25, 0.3) is 0 Å². The smallest absolute Gasteiger partial charge is 0.431 e. The number of hydrogen-bond acceptors (Lipinski definition) is 3. The van der Waals surface area contributed by atoms with Crippen molar-refractivity contribution in [2.24, 2.45) is 0 Å². The van der Waals surface area contributed by atoms with Crippen LogP contribution in [0.5, 0.6) is 5.75 Å². The highest BCUT2D eigenvalue weighted by atomic mass is 16.6. The number of hydrogen-bond donors (Lipinski definition) is 3. The summed E-state index contributed by atoms with van der Waals surface area (Å²) in [6.45, 7) is 12.1. The Morgan fingerprint density at radius 3 is 1.89 bits per heavy atom. The Bertz CT molecular complexity index is 809. The summed E-state index contributed by atoms with van der Waals surface area (Å²) in [7, 11) is 0. The van der Waals surface area contributed by atoms with Crippen LogP contribution in [0.4, 0.5) is 4.79 Å². The van der Waals surface area contributed by atoms with Crippen molar-refractivity contribution in [2.75, 3.05) is 0 Å². The average Bonchev–Trinajstić information content (AvgIpc) is 2.53. The van der Waals surface area contributed by atoms with Crippen molar-refractivity contribution in [3.8, 4) is 16.9 Å². The molecule has 0 fully saturated rings. The van der Waals surface area contributed by atoms with E-state index in [-0.39, 0.29) is 22.4 Å². The average molecular weight is 371 g/mol. The third-order valence-corrected chi connectivity index (χ3v) is 4.60. The third kappa shape index (κ3) is 4.61. The number of hydroxylamine groups is 2. The maximum Gasteiger partial charge on any atom is 0.431 e. The van der Waals surface area contributed by atoms with Gasteiger partial charge in [0.05, 0.1) is 6.54 Å².